The number of aryl methyl sites for hydroxylation is 1. The van der Waals surface area contributed by atoms with Crippen LogP contribution in [0.4, 0.5) is 0 Å². The first kappa shape index (κ1) is 22.1. The highest BCUT2D eigenvalue weighted by Gasteiger charge is 2.23. The Balaban J connectivity index is 2.13. The molecule has 0 aliphatic carbocycles. The van der Waals surface area contributed by atoms with Gasteiger partial charge in [0.1, 0.15) is 11.5 Å². The minimum atomic E-state index is -0.562. The minimum Gasteiger partial charge on any atom is -0.497 e. The maximum Gasteiger partial charge on any atom is 0.261 e. The Kier molecular flexibility index (Phi) is 8.18. The molecule has 0 aliphatic rings. The van der Waals surface area contributed by atoms with E-state index in [2.05, 4.69) is 19.2 Å². The van der Waals surface area contributed by atoms with Crippen LogP contribution in [-0.2, 0) is 4.79 Å². The lowest BCUT2D eigenvalue weighted by Gasteiger charge is -2.25. The zero-order chi connectivity index (χ0) is 20.7. The molecular weight excluding hydrogens is 374 g/mol. The van der Waals surface area contributed by atoms with E-state index in [1.165, 1.54) is 0 Å². The summed E-state index contributed by atoms with van der Waals surface area (Å²) in [6, 6.07) is 13.2. The summed E-state index contributed by atoms with van der Waals surface area (Å²) in [4.78, 5) is 12.9. The van der Waals surface area contributed by atoms with Crippen molar-refractivity contribution in [2.24, 2.45) is 5.92 Å². The second-order valence-corrected chi connectivity index (χ2v) is 7.80. The third kappa shape index (κ3) is 6.16. The summed E-state index contributed by atoms with van der Waals surface area (Å²) in [5.41, 5.74) is 1.98. The number of rotatable bonds is 9. The van der Waals surface area contributed by atoms with E-state index < -0.39 is 6.10 Å². The van der Waals surface area contributed by atoms with Crippen molar-refractivity contribution in [3.05, 3.63) is 58.6 Å². The number of hydrogen-bond acceptors (Lipinski definition) is 3. The molecule has 2 rings (SSSR count). The van der Waals surface area contributed by atoms with Gasteiger partial charge in [-0.3, -0.25) is 4.79 Å². The van der Waals surface area contributed by atoms with Gasteiger partial charge >= 0.3 is 0 Å². The van der Waals surface area contributed by atoms with Gasteiger partial charge in [-0.25, -0.2) is 0 Å². The summed E-state index contributed by atoms with van der Waals surface area (Å²) in [6.07, 6.45) is 0.854. The van der Waals surface area contributed by atoms with Gasteiger partial charge in [-0.2, -0.15) is 0 Å². The Morgan fingerprint density at radius 1 is 1.11 bits per heavy atom. The number of methoxy groups -OCH3 is 1. The third-order valence-corrected chi connectivity index (χ3v) is 5.04. The molecule has 5 heteroatoms. The number of carbonyl (C=O) groups is 1. The Labute approximate surface area is 173 Å². The molecule has 2 aromatic rings. The molecule has 0 saturated heterocycles. The first-order valence-corrected chi connectivity index (χ1v) is 10.1. The SMILES string of the molecule is CC[C@H](Oc1ccc(Cl)c(C)c1)C(=O)N[C@H](CC(C)C)c1ccc(OC)cc1. The molecule has 1 amide bonds. The van der Waals surface area contributed by atoms with E-state index in [9.17, 15) is 4.79 Å². The first-order chi connectivity index (χ1) is 13.3. The number of ether oxygens (including phenoxy) is 2. The van der Waals surface area contributed by atoms with Crippen LogP contribution >= 0.6 is 11.6 Å². The Morgan fingerprint density at radius 3 is 2.29 bits per heavy atom. The van der Waals surface area contributed by atoms with Gasteiger partial charge in [-0.05, 0) is 67.1 Å². The highest BCUT2D eigenvalue weighted by Crippen LogP contribution is 2.25. The number of carbonyl (C=O) groups excluding carboxylic acids is 1. The normalized spacial score (nSPS) is 13.1. The van der Waals surface area contributed by atoms with Crippen LogP contribution in [0.5, 0.6) is 11.5 Å². The standard InChI is InChI=1S/C23H30ClNO3/c1-6-22(28-19-11-12-20(24)16(4)14-19)23(26)25-21(13-15(2)3)17-7-9-18(27-5)10-8-17/h7-12,14-15,21-22H,6,13H2,1-5H3,(H,25,26)/t21-,22+/m1/s1. The molecule has 0 bridgehead atoms. The second-order valence-electron chi connectivity index (χ2n) is 7.39. The van der Waals surface area contributed by atoms with Crippen molar-refractivity contribution < 1.29 is 14.3 Å². The molecule has 0 aromatic heterocycles. The van der Waals surface area contributed by atoms with Gasteiger partial charge in [-0.15, -0.1) is 0 Å². The summed E-state index contributed by atoms with van der Waals surface area (Å²) >= 11 is 6.08. The quantitative estimate of drug-likeness (QED) is 0.582. The predicted octanol–water partition coefficient (Wildman–Crippen LogP) is 5.72. The van der Waals surface area contributed by atoms with Gasteiger partial charge < -0.3 is 14.8 Å². The topological polar surface area (TPSA) is 47.6 Å². The van der Waals surface area contributed by atoms with Crippen molar-refractivity contribution in [2.45, 2.75) is 52.7 Å². The van der Waals surface area contributed by atoms with Crippen molar-refractivity contribution in [1.29, 1.82) is 0 Å². The predicted molar refractivity (Wildman–Crippen MR) is 114 cm³/mol. The van der Waals surface area contributed by atoms with Crippen LogP contribution in [0.1, 0.15) is 50.8 Å². The van der Waals surface area contributed by atoms with Crippen LogP contribution in [0.3, 0.4) is 0 Å². The van der Waals surface area contributed by atoms with Crippen LogP contribution in [0.2, 0.25) is 5.02 Å². The van der Waals surface area contributed by atoms with Crippen molar-refractivity contribution in [2.75, 3.05) is 7.11 Å². The van der Waals surface area contributed by atoms with E-state index in [-0.39, 0.29) is 11.9 Å². The molecule has 2 aromatic carbocycles. The van der Waals surface area contributed by atoms with E-state index in [1.807, 2.05) is 44.2 Å². The van der Waals surface area contributed by atoms with E-state index in [4.69, 9.17) is 21.1 Å². The van der Waals surface area contributed by atoms with Crippen molar-refractivity contribution in [3.63, 3.8) is 0 Å². The molecule has 2 atom stereocenters. The average molecular weight is 404 g/mol. The molecule has 28 heavy (non-hydrogen) atoms. The largest absolute Gasteiger partial charge is 0.497 e. The van der Waals surface area contributed by atoms with E-state index in [0.717, 1.165) is 23.3 Å². The number of nitrogens with one attached hydrogen (secondary N) is 1. The van der Waals surface area contributed by atoms with E-state index in [1.54, 1.807) is 19.2 Å². The fourth-order valence-electron chi connectivity index (χ4n) is 3.03. The maximum absolute atomic E-state index is 12.9. The van der Waals surface area contributed by atoms with Crippen molar-refractivity contribution in [1.82, 2.24) is 5.32 Å². The molecule has 0 spiro atoms. The van der Waals surface area contributed by atoms with Crippen LogP contribution in [-0.4, -0.2) is 19.1 Å². The van der Waals surface area contributed by atoms with Gasteiger partial charge in [0.25, 0.3) is 5.91 Å². The van der Waals surface area contributed by atoms with Crippen LogP contribution in [0, 0.1) is 12.8 Å². The van der Waals surface area contributed by atoms with E-state index >= 15 is 0 Å². The van der Waals surface area contributed by atoms with Crippen LogP contribution < -0.4 is 14.8 Å². The molecule has 0 aliphatic heterocycles. The summed E-state index contributed by atoms with van der Waals surface area (Å²) in [7, 11) is 1.64. The minimum absolute atomic E-state index is 0.0805. The third-order valence-electron chi connectivity index (χ3n) is 4.61. The fraction of sp³-hybridized carbons (Fsp3) is 0.435. The van der Waals surface area contributed by atoms with Crippen LogP contribution in [0.25, 0.3) is 0 Å². The van der Waals surface area contributed by atoms with Gasteiger partial charge in [-0.1, -0.05) is 44.5 Å². The molecule has 0 radical (unpaired) electrons. The lowest BCUT2D eigenvalue weighted by atomic mass is 9.96. The number of hydrogen-bond donors (Lipinski definition) is 1. The summed E-state index contributed by atoms with van der Waals surface area (Å²) in [5.74, 6) is 1.77. The zero-order valence-corrected chi connectivity index (χ0v) is 18.0. The Morgan fingerprint density at radius 2 is 1.75 bits per heavy atom. The number of benzene rings is 2. The molecule has 4 nitrogen and oxygen atoms in total. The maximum atomic E-state index is 12.9. The summed E-state index contributed by atoms with van der Waals surface area (Å²) < 4.78 is 11.2. The smallest absolute Gasteiger partial charge is 0.261 e. The molecule has 152 valence electrons. The van der Waals surface area contributed by atoms with E-state index in [0.29, 0.717) is 23.1 Å². The molecule has 0 heterocycles. The number of halogens is 1. The fourth-order valence-corrected chi connectivity index (χ4v) is 3.15. The van der Waals surface area contributed by atoms with Crippen molar-refractivity contribution >= 4 is 17.5 Å². The Bertz CT molecular complexity index is 774. The Hall–Kier alpha value is -2.20. The molecule has 0 saturated carbocycles. The van der Waals surface area contributed by atoms with Crippen molar-refractivity contribution in [3.8, 4) is 11.5 Å². The zero-order valence-electron chi connectivity index (χ0n) is 17.3. The molecule has 0 unspecified atom stereocenters. The van der Waals surface area contributed by atoms with Gasteiger partial charge in [0.2, 0.25) is 0 Å². The highest BCUT2D eigenvalue weighted by molar-refractivity contribution is 6.31. The first-order valence-electron chi connectivity index (χ1n) is 9.71. The highest BCUT2D eigenvalue weighted by atomic mass is 35.5. The lowest BCUT2D eigenvalue weighted by Crippen LogP contribution is -2.40. The number of amides is 1. The van der Waals surface area contributed by atoms with Gasteiger partial charge in [0.05, 0.1) is 13.2 Å². The van der Waals surface area contributed by atoms with Crippen LogP contribution in [0.15, 0.2) is 42.5 Å². The van der Waals surface area contributed by atoms with Gasteiger partial charge in [0, 0.05) is 5.02 Å². The molecule has 1 N–H and O–H groups in total. The molecule has 0 fully saturated rings. The van der Waals surface area contributed by atoms with Gasteiger partial charge in [0.15, 0.2) is 6.10 Å². The summed E-state index contributed by atoms with van der Waals surface area (Å²) in [6.45, 7) is 8.15. The average Bonchev–Trinajstić information content (AvgIpc) is 2.67. The second kappa shape index (κ2) is 10.4. The monoisotopic (exact) mass is 403 g/mol. The summed E-state index contributed by atoms with van der Waals surface area (Å²) in [5, 5.41) is 3.85. The molecular formula is C23H30ClNO3. The lowest BCUT2D eigenvalue weighted by molar-refractivity contribution is -0.129.